The zero-order valence-electron chi connectivity index (χ0n) is 9.77. The summed E-state index contributed by atoms with van der Waals surface area (Å²) in [6, 6.07) is 5.71. The van der Waals surface area contributed by atoms with E-state index in [0.29, 0.717) is 12.2 Å². The molecule has 0 amide bonds. The van der Waals surface area contributed by atoms with Crippen LogP contribution in [0, 0.1) is 13.8 Å². The summed E-state index contributed by atoms with van der Waals surface area (Å²) in [6.45, 7) is 3.98. The molecule has 90 valence electrons. The molecule has 3 nitrogen and oxygen atoms in total. The minimum absolute atomic E-state index is 0.0468. The van der Waals surface area contributed by atoms with E-state index in [1.165, 1.54) is 0 Å². The third kappa shape index (κ3) is 3.70. The molecule has 0 aliphatic heterocycles. The van der Waals surface area contributed by atoms with Crippen molar-refractivity contribution in [1.29, 1.82) is 0 Å². The van der Waals surface area contributed by atoms with Gasteiger partial charge in [-0.1, -0.05) is 12.1 Å². The van der Waals surface area contributed by atoms with Crippen molar-refractivity contribution >= 4 is 10.8 Å². The molecule has 16 heavy (non-hydrogen) atoms. The first-order valence-corrected chi connectivity index (χ1v) is 6.68. The summed E-state index contributed by atoms with van der Waals surface area (Å²) in [6.07, 6.45) is 0.497. The van der Waals surface area contributed by atoms with Crippen molar-refractivity contribution in [1.82, 2.24) is 0 Å². The molecule has 2 atom stereocenters. The summed E-state index contributed by atoms with van der Waals surface area (Å²) in [5.74, 6) is 0.408. The van der Waals surface area contributed by atoms with E-state index < -0.39 is 10.8 Å². The first-order valence-electron chi connectivity index (χ1n) is 5.36. The van der Waals surface area contributed by atoms with Gasteiger partial charge in [-0.3, -0.25) is 4.21 Å². The fraction of sp³-hybridized carbons (Fsp3) is 0.500. The zero-order valence-corrected chi connectivity index (χ0v) is 10.6. The highest BCUT2D eigenvalue weighted by atomic mass is 32.2. The summed E-state index contributed by atoms with van der Waals surface area (Å²) in [5.41, 5.74) is 7.89. The average Bonchev–Trinajstić information content (AvgIpc) is 2.21. The van der Waals surface area contributed by atoms with E-state index in [1.54, 1.807) is 0 Å². The topological polar surface area (TPSA) is 63.3 Å². The molecule has 0 saturated heterocycles. The Bertz CT molecular complexity index is 379. The van der Waals surface area contributed by atoms with Gasteiger partial charge in [0.1, 0.15) is 0 Å². The van der Waals surface area contributed by atoms with E-state index in [1.807, 2.05) is 32.0 Å². The molecule has 0 fully saturated rings. The van der Waals surface area contributed by atoms with Gasteiger partial charge in [0.2, 0.25) is 0 Å². The van der Waals surface area contributed by atoms with Gasteiger partial charge >= 0.3 is 0 Å². The van der Waals surface area contributed by atoms with Crippen LogP contribution in [0.3, 0.4) is 0 Å². The first kappa shape index (κ1) is 13.4. The number of rotatable bonds is 5. The van der Waals surface area contributed by atoms with Gasteiger partial charge in [0.25, 0.3) is 0 Å². The van der Waals surface area contributed by atoms with Crippen LogP contribution in [0.2, 0.25) is 0 Å². The first-order chi connectivity index (χ1) is 7.54. The number of aliphatic hydroxyl groups is 1. The van der Waals surface area contributed by atoms with Crippen LogP contribution in [-0.2, 0) is 10.8 Å². The average molecular weight is 241 g/mol. The number of benzene rings is 1. The van der Waals surface area contributed by atoms with Gasteiger partial charge in [0.05, 0.1) is 10.8 Å². The van der Waals surface area contributed by atoms with Crippen LogP contribution in [0.25, 0.3) is 0 Å². The Morgan fingerprint density at radius 2 is 2.12 bits per heavy atom. The molecular weight excluding hydrogens is 222 g/mol. The number of aliphatic hydroxyl groups excluding tert-OH is 1. The minimum atomic E-state index is -1.07. The Labute approximate surface area is 99.1 Å². The van der Waals surface area contributed by atoms with Crippen molar-refractivity contribution in [3.05, 3.63) is 29.3 Å². The maximum absolute atomic E-state index is 12.1. The van der Waals surface area contributed by atoms with Gasteiger partial charge in [-0.05, 0) is 37.5 Å². The van der Waals surface area contributed by atoms with Gasteiger partial charge in [0, 0.05) is 23.3 Å². The highest BCUT2D eigenvalue weighted by Crippen LogP contribution is 2.15. The lowest BCUT2D eigenvalue weighted by atomic mass is 10.2. The van der Waals surface area contributed by atoms with Crippen LogP contribution >= 0.6 is 0 Å². The van der Waals surface area contributed by atoms with Crippen molar-refractivity contribution in [2.75, 3.05) is 12.4 Å². The second kappa shape index (κ2) is 6.13. The molecule has 0 saturated carbocycles. The van der Waals surface area contributed by atoms with Gasteiger partial charge in [0.15, 0.2) is 0 Å². The Morgan fingerprint density at radius 3 is 2.75 bits per heavy atom. The second-order valence-electron chi connectivity index (χ2n) is 4.05. The van der Waals surface area contributed by atoms with Crippen LogP contribution in [0.1, 0.15) is 17.5 Å². The van der Waals surface area contributed by atoms with Crippen LogP contribution in [-0.4, -0.2) is 27.7 Å². The highest BCUT2D eigenvalue weighted by molar-refractivity contribution is 7.85. The minimum Gasteiger partial charge on any atom is -0.396 e. The van der Waals surface area contributed by atoms with Crippen LogP contribution in [0.5, 0.6) is 0 Å². The third-order valence-corrected chi connectivity index (χ3v) is 4.12. The van der Waals surface area contributed by atoms with Gasteiger partial charge < -0.3 is 10.8 Å². The molecule has 0 bridgehead atoms. The summed E-state index contributed by atoms with van der Waals surface area (Å²) < 4.78 is 12.1. The fourth-order valence-corrected chi connectivity index (χ4v) is 2.97. The molecule has 0 radical (unpaired) electrons. The number of nitrogens with two attached hydrogens (primary N) is 1. The molecule has 1 aromatic rings. The van der Waals surface area contributed by atoms with Gasteiger partial charge in [-0.15, -0.1) is 0 Å². The quantitative estimate of drug-likeness (QED) is 0.812. The summed E-state index contributed by atoms with van der Waals surface area (Å²) in [5, 5.41) is 8.74. The summed E-state index contributed by atoms with van der Waals surface area (Å²) in [7, 11) is -1.07. The Hall–Kier alpha value is -0.710. The molecule has 0 aliphatic rings. The standard InChI is InChI=1S/C12H19NO2S/c1-9-3-4-10(2)12(7-9)16(15)8-11(13)5-6-14/h3-4,7,11,14H,5-6,8,13H2,1-2H3. The normalized spacial score (nSPS) is 14.8. The van der Waals surface area contributed by atoms with E-state index in [4.69, 9.17) is 10.8 Å². The molecule has 0 spiro atoms. The molecule has 1 rings (SSSR count). The zero-order chi connectivity index (χ0) is 12.1. The number of hydrogen-bond acceptors (Lipinski definition) is 3. The Balaban J connectivity index is 2.76. The van der Waals surface area contributed by atoms with E-state index >= 15 is 0 Å². The number of hydrogen-bond donors (Lipinski definition) is 2. The molecule has 0 aromatic heterocycles. The molecule has 2 unspecified atom stereocenters. The largest absolute Gasteiger partial charge is 0.396 e. The van der Waals surface area contributed by atoms with Crippen molar-refractivity contribution in [3.8, 4) is 0 Å². The van der Waals surface area contributed by atoms with Crippen molar-refractivity contribution < 1.29 is 9.32 Å². The summed E-state index contributed by atoms with van der Waals surface area (Å²) >= 11 is 0. The van der Waals surface area contributed by atoms with E-state index in [-0.39, 0.29) is 12.6 Å². The van der Waals surface area contributed by atoms with Crippen LogP contribution in [0.4, 0.5) is 0 Å². The smallest absolute Gasteiger partial charge is 0.0547 e. The second-order valence-corrected chi connectivity index (χ2v) is 5.52. The Kier molecular flexibility index (Phi) is 5.12. The van der Waals surface area contributed by atoms with Crippen molar-refractivity contribution in [3.63, 3.8) is 0 Å². The lowest BCUT2D eigenvalue weighted by Gasteiger charge is -2.11. The SMILES string of the molecule is Cc1ccc(C)c(S(=O)CC(N)CCO)c1. The highest BCUT2D eigenvalue weighted by Gasteiger charge is 2.12. The Morgan fingerprint density at radius 1 is 1.44 bits per heavy atom. The maximum atomic E-state index is 12.1. The predicted molar refractivity (Wildman–Crippen MR) is 66.9 cm³/mol. The molecule has 0 heterocycles. The van der Waals surface area contributed by atoms with E-state index in [0.717, 1.165) is 16.0 Å². The fourth-order valence-electron chi connectivity index (χ4n) is 1.49. The van der Waals surface area contributed by atoms with Crippen LogP contribution in [0.15, 0.2) is 23.1 Å². The molecule has 4 heteroatoms. The summed E-state index contributed by atoms with van der Waals surface area (Å²) in [4.78, 5) is 0.855. The molecular formula is C12H19NO2S. The third-order valence-electron chi connectivity index (χ3n) is 2.45. The monoisotopic (exact) mass is 241 g/mol. The number of aryl methyl sites for hydroxylation is 2. The van der Waals surface area contributed by atoms with E-state index in [9.17, 15) is 4.21 Å². The lowest BCUT2D eigenvalue weighted by Crippen LogP contribution is -2.28. The van der Waals surface area contributed by atoms with Crippen molar-refractivity contribution in [2.45, 2.75) is 31.2 Å². The molecule has 0 aliphatic carbocycles. The molecule has 3 N–H and O–H groups in total. The lowest BCUT2D eigenvalue weighted by molar-refractivity contribution is 0.279. The van der Waals surface area contributed by atoms with E-state index in [2.05, 4.69) is 0 Å². The van der Waals surface area contributed by atoms with Crippen molar-refractivity contribution in [2.24, 2.45) is 5.73 Å². The predicted octanol–water partition coefficient (Wildman–Crippen LogP) is 1.12. The van der Waals surface area contributed by atoms with Gasteiger partial charge in [-0.2, -0.15) is 0 Å². The van der Waals surface area contributed by atoms with Crippen LogP contribution < -0.4 is 5.73 Å². The molecule has 1 aromatic carbocycles. The maximum Gasteiger partial charge on any atom is 0.0547 e. The van der Waals surface area contributed by atoms with Gasteiger partial charge in [-0.25, -0.2) is 0 Å².